The average molecular weight is 382 g/mol. The fourth-order valence-electron chi connectivity index (χ4n) is 2.55. The molecule has 1 heterocycles. The van der Waals surface area contributed by atoms with E-state index in [9.17, 15) is 4.79 Å². The average Bonchev–Trinajstić information content (AvgIpc) is 3.02. The predicted octanol–water partition coefficient (Wildman–Crippen LogP) is -1.90. The van der Waals surface area contributed by atoms with E-state index in [0.717, 1.165) is 0 Å². The van der Waals surface area contributed by atoms with Crippen LogP contribution in [-0.2, 0) is 33.2 Å². The number of ether oxygens (including phenoxy) is 6. The van der Waals surface area contributed by atoms with E-state index in [0.29, 0.717) is 0 Å². The maximum Gasteiger partial charge on any atom is 0.302 e. The summed E-state index contributed by atoms with van der Waals surface area (Å²) in [6.45, 7) is 1.90. The lowest BCUT2D eigenvalue weighted by molar-refractivity contribution is -0.147. The molecular weight excluding hydrogens is 352 g/mol. The molecule has 4 atom stereocenters. The summed E-state index contributed by atoms with van der Waals surface area (Å²) in [6, 6.07) is 0. The molecule has 1 fully saturated rings. The van der Waals surface area contributed by atoms with Gasteiger partial charge in [-0.1, -0.05) is 0 Å². The van der Waals surface area contributed by atoms with Crippen molar-refractivity contribution in [2.75, 3.05) is 66.1 Å². The SMILES string of the molecule is CC(=O)OCCOCC(OCCO)C1OCC(OCCO)C1OCCO. The largest absolute Gasteiger partial charge is 0.463 e. The van der Waals surface area contributed by atoms with Crippen LogP contribution in [0.15, 0.2) is 0 Å². The second kappa shape index (κ2) is 14.2. The van der Waals surface area contributed by atoms with Crippen molar-refractivity contribution in [3.05, 3.63) is 0 Å². The van der Waals surface area contributed by atoms with E-state index in [2.05, 4.69) is 0 Å². The summed E-state index contributed by atoms with van der Waals surface area (Å²) in [5.74, 6) is -0.387. The smallest absolute Gasteiger partial charge is 0.302 e. The maximum atomic E-state index is 10.7. The van der Waals surface area contributed by atoms with Crippen molar-refractivity contribution in [3.8, 4) is 0 Å². The fourth-order valence-corrected chi connectivity index (χ4v) is 2.55. The van der Waals surface area contributed by atoms with Crippen molar-refractivity contribution in [1.82, 2.24) is 0 Å². The van der Waals surface area contributed by atoms with Gasteiger partial charge in [0, 0.05) is 6.92 Å². The molecular formula is C16H30O10. The van der Waals surface area contributed by atoms with Gasteiger partial charge in [0.1, 0.15) is 31.0 Å². The number of rotatable bonds is 15. The van der Waals surface area contributed by atoms with Gasteiger partial charge in [0.25, 0.3) is 0 Å². The van der Waals surface area contributed by atoms with Crippen molar-refractivity contribution in [2.45, 2.75) is 31.3 Å². The first-order chi connectivity index (χ1) is 12.6. The normalized spacial score (nSPS) is 23.9. The lowest BCUT2D eigenvalue weighted by atomic mass is 10.1. The van der Waals surface area contributed by atoms with E-state index in [4.69, 9.17) is 43.7 Å². The highest BCUT2D eigenvalue weighted by molar-refractivity contribution is 5.65. The number of aliphatic hydroxyl groups excluding tert-OH is 3. The summed E-state index contributed by atoms with van der Waals surface area (Å²) in [5.41, 5.74) is 0. The molecule has 0 spiro atoms. The van der Waals surface area contributed by atoms with E-state index < -0.39 is 24.4 Å². The standard InChI is InChI=1S/C16H30O10/c1-12(20)22-9-8-21-10-13(23-5-2-17)16-15(25-7-4-19)14(11-26-16)24-6-3-18/h13-19H,2-11H2,1H3. The van der Waals surface area contributed by atoms with Crippen molar-refractivity contribution in [2.24, 2.45) is 0 Å². The first-order valence-corrected chi connectivity index (χ1v) is 8.64. The molecule has 0 aromatic rings. The number of hydrogen-bond acceptors (Lipinski definition) is 10. The number of esters is 1. The van der Waals surface area contributed by atoms with Crippen LogP contribution in [0.5, 0.6) is 0 Å². The molecule has 0 bridgehead atoms. The molecule has 154 valence electrons. The molecule has 0 aliphatic carbocycles. The zero-order valence-corrected chi connectivity index (χ0v) is 15.1. The highest BCUT2D eigenvalue weighted by atomic mass is 16.6. The van der Waals surface area contributed by atoms with Crippen molar-refractivity contribution >= 4 is 5.97 Å². The third-order valence-corrected chi connectivity index (χ3v) is 3.57. The van der Waals surface area contributed by atoms with Crippen LogP contribution in [0, 0.1) is 0 Å². The van der Waals surface area contributed by atoms with Gasteiger partial charge in [0.2, 0.25) is 0 Å². The molecule has 1 aliphatic rings. The summed E-state index contributed by atoms with van der Waals surface area (Å²) in [5, 5.41) is 27.0. The summed E-state index contributed by atoms with van der Waals surface area (Å²) in [7, 11) is 0. The highest BCUT2D eigenvalue weighted by Crippen LogP contribution is 2.25. The minimum absolute atomic E-state index is 0.0900. The Labute approximate surface area is 152 Å². The molecule has 0 amide bonds. The Morgan fingerprint density at radius 2 is 1.73 bits per heavy atom. The van der Waals surface area contributed by atoms with Crippen molar-refractivity contribution in [3.63, 3.8) is 0 Å². The number of hydrogen-bond donors (Lipinski definition) is 3. The molecule has 0 saturated carbocycles. The first kappa shape index (κ1) is 23.2. The zero-order chi connectivity index (χ0) is 19.2. The van der Waals surface area contributed by atoms with Crippen LogP contribution < -0.4 is 0 Å². The topological polar surface area (TPSA) is 133 Å². The number of aliphatic hydroxyl groups is 3. The van der Waals surface area contributed by atoms with Crippen molar-refractivity contribution < 1.29 is 48.5 Å². The monoisotopic (exact) mass is 382 g/mol. The second-order valence-corrected chi connectivity index (χ2v) is 5.54. The van der Waals surface area contributed by atoms with Gasteiger partial charge in [-0.05, 0) is 0 Å². The third-order valence-electron chi connectivity index (χ3n) is 3.57. The Balaban J connectivity index is 2.60. The predicted molar refractivity (Wildman–Crippen MR) is 87.7 cm³/mol. The molecule has 0 radical (unpaired) electrons. The number of carbonyl (C=O) groups excluding carboxylic acids is 1. The minimum Gasteiger partial charge on any atom is -0.463 e. The third kappa shape index (κ3) is 8.69. The lowest BCUT2D eigenvalue weighted by Crippen LogP contribution is -2.45. The van der Waals surface area contributed by atoms with Crippen LogP contribution in [0.1, 0.15) is 6.92 Å². The van der Waals surface area contributed by atoms with Crippen LogP contribution in [0.3, 0.4) is 0 Å². The first-order valence-electron chi connectivity index (χ1n) is 8.64. The molecule has 10 heteroatoms. The highest BCUT2D eigenvalue weighted by Gasteiger charge is 2.43. The quantitative estimate of drug-likeness (QED) is 0.218. The van der Waals surface area contributed by atoms with Crippen LogP contribution in [0.4, 0.5) is 0 Å². The Hall–Kier alpha value is -0.850. The lowest BCUT2D eigenvalue weighted by Gasteiger charge is -2.29. The van der Waals surface area contributed by atoms with E-state index in [1.165, 1.54) is 6.92 Å². The second-order valence-electron chi connectivity index (χ2n) is 5.54. The van der Waals surface area contributed by atoms with Gasteiger partial charge in [-0.15, -0.1) is 0 Å². The summed E-state index contributed by atoms with van der Waals surface area (Å²) >= 11 is 0. The molecule has 26 heavy (non-hydrogen) atoms. The number of carbonyl (C=O) groups is 1. The van der Waals surface area contributed by atoms with Gasteiger partial charge in [0.15, 0.2) is 0 Å². The van der Waals surface area contributed by atoms with Gasteiger partial charge >= 0.3 is 5.97 Å². The van der Waals surface area contributed by atoms with Gasteiger partial charge in [-0.2, -0.15) is 0 Å². The fraction of sp³-hybridized carbons (Fsp3) is 0.938. The van der Waals surface area contributed by atoms with E-state index in [1.807, 2.05) is 0 Å². The Morgan fingerprint density at radius 3 is 2.38 bits per heavy atom. The summed E-state index contributed by atoms with van der Waals surface area (Å²) in [4.78, 5) is 10.7. The molecule has 1 saturated heterocycles. The summed E-state index contributed by atoms with van der Waals surface area (Å²) in [6.07, 6.45) is -2.02. The Bertz CT molecular complexity index is 367. The molecule has 10 nitrogen and oxygen atoms in total. The van der Waals surface area contributed by atoms with Gasteiger partial charge in [0.05, 0.1) is 59.5 Å². The van der Waals surface area contributed by atoms with E-state index in [1.54, 1.807) is 0 Å². The summed E-state index contributed by atoms with van der Waals surface area (Å²) < 4.78 is 32.8. The van der Waals surface area contributed by atoms with Gasteiger partial charge in [-0.25, -0.2) is 0 Å². The van der Waals surface area contributed by atoms with Gasteiger partial charge < -0.3 is 43.7 Å². The van der Waals surface area contributed by atoms with Crippen molar-refractivity contribution in [1.29, 1.82) is 0 Å². The Kier molecular flexibility index (Phi) is 12.7. The van der Waals surface area contributed by atoms with E-state index in [-0.39, 0.29) is 72.0 Å². The van der Waals surface area contributed by atoms with Gasteiger partial charge in [-0.3, -0.25) is 4.79 Å². The van der Waals surface area contributed by atoms with Crippen LogP contribution in [0.2, 0.25) is 0 Å². The van der Waals surface area contributed by atoms with Crippen LogP contribution >= 0.6 is 0 Å². The molecule has 4 unspecified atom stereocenters. The van der Waals surface area contributed by atoms with Crippen LogP contribution in [-0.4, -0.2) is 112 Å². The van der Waals surface area contributed by atoms with E-state index >= 15 is 0 Å². The molecule has 0 aromatic carbocycles. The molecule has 0 aromatic heterocycles. The van der Waals surface area contributed by atoms with Crippen LogP contribution in [0.25, 0.3) is 0 Å². The zero-order valence-electron chi connectivity index (χ0n) is 15.1. The molecule has 3 N–H and O–H groups in total. The molecule has 1 rings (SSSR count). The maximum absolute atomic E-state index is 10.7. The minimum atomic E-state index is -0.550. The Morgan fingerprint density at radius 1 is 1.04 bits per heavy atom. The molecule has 1 aliphatic heterocycles.